The number of ether oxygens (including phenoxy) is 1. The van der Waals surface area contributed by atoms with Crippen LogP contribution in [-0.4, -0.2) is 23.7 Å². The van der Waals surface area contributed by atoms with Gasteiger partial charge < -0.3 is 10.2 Å². The molecule has 1 aromatic heterocycles. The third-order valence-corrected chi connectivity index (χ3v) is 4.65. The van der Waals surface area contributed by atoms with Crippen LogP contribution in [0.3, 0.4) is 0 Å². The second kappa shape index (κ2) is 5.69. The largest absolute Gasteiger partial charge is 0.496 e. The Morgan fingerprint density at radius 1 is 1.45 bits per heavy atom. The molecular weight excluding hydrogens is 370 g/mol. The molecule has 0 saturated heterocycles. The van der Waals surface area contributed by atoms with Crippen LogP contribution in [0.15, 0.2) is 32.5 Å². The molecule has 0 fully saturated rings. The molecule has 0 spiro atoms. The van der Waals surface area contributed by atoms with Gasteiger partial charge in [0, 0.05) is 10.0 Å². The molecule has 1 aliphatic rings. The van der Waals surface area contributed by atoms with Crippen molar-refractivity contribution in [2.75, 3.05) is 12.5 Å². The van der Waals surface area contributed by atoms with Crippen LogP contribution in [0.25, 0.3) is 6.08 Å². The second-order valence-corrected chi connectivity index (χ2v) is 6.65. The number of rotatable bonds is 2. The first-order chi connectivity index (χ1) is 10.5. The normalized spacial score (nSPS) is 17.7. The zero-order valence-corrected chi connectivity index (χ0v) is 14.2. The van der Waals surface area contributed by atoms with Crippen LogP contribution in [0.4, 0.5) is 0 Å². The quantitative estimate of drug-likeness (QED) is 0.826. The fourth-order valence-electron chi connectivity index (χ4n) is 2.06. The van der Waals surface area contributed by atoms with Crippen molar-refractivity contribution < 1.29 is 9.53 Å². The van der Waals surface area contributed by atoms with Gasteiger partial charge in [-0.25, -0.2) is 0 Å². The first kappa shape index (κ1) is 15.0. The Labute approximate surface area is 137 Å². The summed E-state index contributed by atoms with van der Waals surface area (Å²) in [5.74, 6) is 0.376. The van der Waals surface area contributed by atoms with E-state index in [1.165, 1.54) is 4.68 Å². The van der Waals surface area contributed by atoms with Crippen LogP contribution < -0.4 is 25.1 Å². The maximum Gasteiger partial charge on any atom is 0.288 e. The summed E-state index contributed by atoms with van der Waals surface area (Å²) in [5.41, 5.74) is 3.37. The highest BCUT2D eigenvalue weighted by Crippen LogP contribution is 2.23. The number of benzene rings is 1. The van der Waals surface area contributed by atoms with Gasteiger partial charge in [-0.15, -0.1) is 0 Å². The van der Waals surface area contributed by atoms with E-state index in [4.69, 9.17) is 4.74 Å². The smallest absolute Gasteiger partial charge is 0.288 e. The van der Waals surface area contributed by atoms with E-state index in [9.17, 15) is 9.59 Å². The molecule has 1 aromatic carbocycles. The lowest BCUT2D eigenvalue weighted by atomic mass is 10.2. The number of methoxy groups -OCH3 is 1. The molecule has 1 N–H and O–H groups in total. The Balaban J connectivity index is 2.22. The predicted molar refractivity (Wildman–Crippen MR) is 87.5 cm³/mol. The molecule has 1 aliphatic heterocycles. The molecule has 0 bridgehead atoms. The average molecular weight is 382 g/mol. The first-order valence-electron chi connectivity index (χ1n) is 6.46. The Morgan fingerprint density at radius 3 is 2.95 bits per heavy atom. The molecular formula is C14H12BrN3O3S. The zero-order valence-electron chi connectivity index (χ0n) is 11.8. The predicted octanol–water partition coefficient (Wildman–Crippen LogP) is 0.601. The first-order valence-corrected chi connectivity index (χ1v) is 8.07. The summed E-state index contributed by atoms with van der Waals surface area (Å²) in [4.78, 5) is 28.3. The molecule has 2 heterocycles. The molecule has 1 atom stereocenters. The van der Waals surface area contributed by atoms with Crippen molar-refractivity contribution in [1.29, 1.82) is 0 Å². The zero-order chi connectivity index (χ0) is 15.9. The van der Waals surface area contributed by atoms with E-state index < -0.39 is 6.04 Å². The highest BCUT2D eigenvalue weighted by atomic mass is 79.9. The summed E-state index contributed by atoms with van der Waals surface area (Å²) in [6.07, 6.45) is 1.73. The molecule has 1 amide bonds. The topological polar surface area (TPSA) is 72.7 Å². The molecule has 8 heteroatoms. The summed E-state index contributed by atoms with van der Waals surface area (Å²) in [6.45, 7) is 1.67. The van der Waals surface area contributed by atoms with Crippen LogP contribution in [-0.2, 0) is 4.79 Å². The molecule has 22 heavy (non-hydrogen) atoms. The maximum absolute atomic E-state index is 12.4. The van der Waals surface area contributed by atoms with Crippen molar-refractivity contribution >= 4 is 39.2 Å². The van der Waals surface area contributed by atoms with E-state index in [0.717, 1.165) is 21.4 Å². The van der Waals surface area contributed by atoms with Crippen LogP contribution in [0.1, 0.15) is 12.5 Å². The van der Waals surface area contributed by atoms with Gasteiger partial charge in [-0.2, -0.15) is 9.67 Å². The minimum absolute atomic E-state index is 0.231. The number of nitrogens with zero attached hydrogens (tertiary/aromatic N) is 2. The summed E-state index contributed by atoms with van der Waals surface area (Å²) < 4.78 is 7.97. The third kappa shape index (κ3) is 2.59. The minimum atomic E-state index is -0.506. The molecule has 114 valence electrons. The average Bonchev–Trinajstić information content (AvgIpc) is 2.76. The van der Waals surface area contributed by atoms with E-state index in [1.807, 2.05) is 18.2 Å². The summed E-state index contributed by atoms with van der Waals surface area (Å²) in [5, 5.41) is 0. The maximum atomic E-state index is 12.4. The van der Waals surface area contributed by atoms with Crippen molar-refractivity contribution in [2.45, 2.75) is 13.0 Å². The highest BCUT2D eigenvalue weighted by molar-refractivity contribution is 9.10. The van der Waals surface area contributed by atoms with Crippen molar-refractivity contribution in [2.24, 2.45) is 4.99 Å². The standard InChI is InChI=1S/C14H12BrN3O3S/c1-7-12(19)16-14-18(17-7)13(20)11(22-14)6-8-5-9(15)3-4-10(8)21-2/h3-7,17H,1-2H3/b11-6-. The van der Waals surface area contributed by atoms with E-state index in [1.54, 1.807) is 20.1 Å². The highest BCUT2D eigenvalue weighted by Gasteiger charge is 2.20. The fraction of sp³-hybridized carbons (Fsp3) is 0.214. The third-order valence-electron chi connectivity index (χ3n) is 3.18. The lowest BCUT2D eigenvalue weighted by Crippen LogP contribution is -2.48. The summed E-state index contributed by atoms with van der Waals surface area (Å²) in [6, 6.07) is 5.03. The molecule has 1 unspecified atom stereocenters. The number of aromatic nitrogens is 1. The number of carbonyl (C=O) groups excluding carboxylic acids is 1. The van der Waals surface area contributed by atoms with Crippen LogP contribution in [0, 0.1) is 0 Å². The molecule has 0 saturated carbocycles. The number of fused-ring (bicyclic) bond motifs is 1. The number of thiazole rings is 1. The Kier molecular flexibility index (Phi) is 3.88. The van der Waals surface area contributed by atoms with Crippen molar-refractivity contribution in [3.63, 3.8) is 0 Å². The van der Waals surface area contributed by atoms with Gasteiger partial charge in [0.2, 0.25) is 4.80 Å². The van der Waals surface area contributed by atoms with Crippen LogP contribution >= 0.6 is 27.3 Å². The number of amides is 1. The number of halogens is 1. The lowest BCUT2D eigenvalue weighted by molar-refractivity contribution is -0.119. The van der Waals surface area contributed by atoms with Gasteiger partial charge in [-0.05, 0) is 31.2 Å². The van der Waals surface area contributed by atoms with Gasteiger partial charge in [0.1, 0.15) is 11.8 Å². The van der Waals surface area contributed by atoms with Gasteiger partial charge >= 0.3 is 0 Å². The van der Waals surface area contributed by atoms with Gasteiger partial charge in [-0.1, -0.05) is 27.3 Å². The van der Waals surface area contributed by atoms with E-state index >= 15 is 0 Å². The van der Waals surface area contributed by atoms with E-state index in [0.29, 0.717) is 15.1 Å². The number of hydrogen-bond donors (Lipinski definition) is 1. The SMILES string of the molecule is COc1ccc(Br)cc1/C=c1\sc2n(c1=O)NC(C)C(=O)N=2. The molecule has 0 aliphatic carbocycles. The minimum Gasteiger partial charge on any atom is -0.496 e. The van der Waals surface area contributed by atoms with Gasteiger partial charge in [0.25, 0.3) is 11.5 Å². The Morgan fingerprint density at radius 2 is 2.23 bits per heavy atom. The summed E-state index contributed by atoms with van der Waals surface area (Å²) in [7, 11) is 1.57. The fourth-order valence-corrected chi connectivity index (χ4v) is 3.36. The molecule has 3 rings (SSSR count). The van der Waals surface area contributed by atoms with Crippen LogP contribution in [0.5, 0.6) is 5.75 Å². The van der Waals surface area contributed by atoms with E-state index in [-0.39, 0.29) is 11.5 Å². The van der Waals surface area contributed by atoms with Crippen LogP contribution in [0.2, 0.25) is 0 Å². The number of carbonyl (C=O) groups is 1. The lowest BCUT2D eigenvalue weighted by Gasteiger charge is -2.14. The van der Waals surface area contributed by atoms with Gasteiger partial charge in [-0.3, -0.25) is 9.59 Å². The molecule has 2 aromatic rings. The van der Waals surface area contributed by atoms with Gasteiger partial charge in [0.15, 0.2) is 0 Å². The monoisotopic (exact) mass is 381 g/mol. The van der Waals surface area contributed by atoms with Crippen molar-refractivity contribution in [3.05, 3.63) is 47.9 Å². The molecule has 0 radical (unpaired) electrons. The Hall–Kier alpha value is -1.93. The van der Waals surface area contributed by atoms with Gasteiger partial charge in [0.05, 0.1) is 11.6 Å². The Bertz CT molecular complexity index is 932. The molecule has 6 nitrogen and oxygen atoms in total. The van der Waals surface area contributed by atoms with E-state index in [2.05, 4.69) is 26.3 Å². The number of hydrogen-bond acceptors (Lipinski definition) is 5. The summed E-state index contributed by atoms with van der Waals surface area (Å²) >= 11 is 4.56. The van der Waals surface area contributed by atoms with Crippen molar-refractivity contribution in [3.8, 4) is 5.75 Å². The van der Waals surface area contributed by atoms with Crippen molar-refractivity contribution in [1.82, 2.24) is 4.68 Å². The second-order valence-electron chi connectivity index (χ2n) is 4.72. The number of nitrogens with one attached hydrogen (secondary N) is 1.